The second-order valence-electron chi connectivity index (χ2n) is 10.8. The van der Waals surface area contributed by atoms with E-state index in [1.54, 1.807) is 12.4 Å². The van der Waals surface area contributed by atoms with Crippen molar-refractivity contribution in [1.29, 1.82) is 0 Å². The third-order valence-electron chi connectivity index (χ3n) is 8.01. The van der Waals surface area contributed by atoms with Crippen LogP contribution in [0.1, 0.15) is 0 Å². The van der Waals surface area contributed by atoms with Crippen molar-refractivity contribution >= 4 is 43.7 Å². The van der Waals surface area contributed by atoms with Gasteiger partial charge in [-0.2, -0.15) is 0 Å². The molecule has 210 valence electrons. The van der Waals surface area contributed by atoms with Gasteiger partial charge < -0.3 is 4.42 Å². The molecule has 7 nitrogen and oxygen atoms in total. The molecule has 45 heavy (non-hydrogen) atoms. The smallest absolute Gasteiger partial charge is 0.179 e. The third-order valence-corrected chi connectivity index (χ3v) is 8.01. The number of hydrogen-bond acceptors (Lipinski definition) is 7. The Morgan fingerprint density at radius 2 is 0.867 bits per heavy atom. The number of furan rings is 1. The van der Waals surface area contributed by atoms with Crippen LogP contribution in [-0.4, -0.2) is 29.9 Å². The van der Waals surface area contributed by atoms with Gasteiger partial charge in [0.05, 0.1) is 22.4 Å². The Balaban J connectivity index is 1.24. The molecular formula is C38H22N6O. The van der Waals surface area contributed by atoms with E-state index in [4.69, 9.17) is 24.4 Å². The van der Waals surface area contributed by atoms with Crippen LogP contribution in [0, 0.1) is 0 Å². The van der Waals surface area contributed by atoms with E-state index in [-0.39, 0.29) is 0 Å². The number of fused-ring (bicyclic) bond motifs is 5. The van der Waals surface area contributed by atoms with Crippen molar-refractivity contribution in [3.63, 3.8) is 0 Å². The van der Waals surface area contributed by atoms with E-state index in [0.717, 1.165) is 77.6 Å². The summed E-state index contributed by atoms with van der Waals surface area (Å²) in [5.41, 5.74) is 8.41. The van der Waals surface area contributed by atoms with Gasteiger partial charge in [0.2, 0.25) is 0 Å². The van der Waals surface area contributed by atoms with Crippen molar-refractivity contribution in [2.45, 2.75) is 0 Å². The maximum Gasteiger partial charge on any atom is 0.179 e. The van der Waals surface area contributed by atoms with Crippen molar-refractivity contribution in [3.8, 4) is 45.6 Å². The van der Waals surface area contributed by atoms with Crippen LogP contribution < -0.4 is 0 Å². The van der Waals surface area contributed by atoms with E-state index in [9.17, 15) is 0 Å². The van der Waals surface area contributed by atoms with E-state index >= 15 is 0 Å². The largest absolute Gasteiger partial charge is 0.456 e. The molecule has 0 aliphatic carbocycles. The molecule has 0 spiro atoms. The molecule has 0 unspecified atom stereocenters. The zero-order valence-corrected chi connectivity index (χ0v) is 23.8. The van der Waals surface area contributed by atoms with E-state index in [2.05, 4.69) is 46.4 Å². The summed E-state index contributed by atoms with van der Waals surface area (Å²) in [5.74, 6) is 1.17. The fraction of sp³-hybridized carbons (Fsp3) is 0. The second-order valence-corrected chi connectivity index (χ2v) is 10.8. The minimum atomic E-state index is 0.586. The Morgan fingerprint density at radius 3 is 1.33 bits per heavy atom. The topological polar surface area (TPSA) is 90.5 Å². The van der Waals surface area contributed by atoms with Crippen LogP contribution in [0.15, 0.2) is 138 Å². The van der Waals surface area contributed by atoms with Gasteiger partial charge in [-0.1, -0.05) is 48.5 Å². The first-order valence-corrected chi connectivity index (χ1v) is 14.6. The number of nitrogens with zero attached hydrogens (tertiary/aromatic N) is 6. The van der Waals surface area contributed by atoms with Gasteiger partial charge in [-0.25, -0.2) is 19.9 Å². The molecule has 0 bridgehead atoms. The number of rotatable bonds is 4. The number of benzene rings is 4. The normalized spacial score (nSPS) is 11.6. The molecule has 9 aromatic rings. The summed E-state index contributed by atoms with van der Waals surface area (Å²) in [4.78, 5) is 28.7. The van der Waals surface area contributed by atoms with Gasteiger partial charge in [0.15, 0.2) is 11.6 Å². The summed E-state index contributed by atoms with van der Waals surface area (Å²) in [6.07, 6.45) is 3.52. The Hall–Kier alpha value is -6.34. The second kappa shape index (κ2) is 10.1. The molecule has 7 heteroatoms. The highest BCUT2D eigenvalue weighted by atomic mass is 16.3. The number of aromatic nitrogens is 6. The van der Waals surface area contributed by atoms with Crippen LogP contribution in [0.5, 0.6) is 0 Å². The lowest BCUT2D eigenvalue weighted by molar-refractivity contribution is 0.669. The summed E-state index contributed by atoms with van der Waals surface area (Å²) in [7, 11) is 0. The average Bonchev–Trinajstić information content (AvgIpc) is 3.48. The number of pyridine rings is 2. The molecule has 0 aliphatic rings. The van der Waals surface area contributed by atoms with E-state index in [0.29, 0.717) is 11.6 Å². The van der Waals surface area contributed by atoms with Gasteiger partial charge in [0.25, 0.3) is 0 Å². The zero-order valence-electron chi connectivity index (χ0n) is 23.8. The van der Waals surface area contributed by atoms with Gasteiger partial charge in [0, 0.05) is 45.1 Å². The third kappa shape index (κ3) is 4.29. The fourth-order valence-electron chi connectivity index (χ4n) is 5.88. The number of hydrogen-bond donors (Lipinski definition) is 0. The zero-order chi connectivity index (χ0) is 29.7. The summed E-state index contributed by atoms with van der Waals surface area (Å²) in [5, 5.41) is 3.93. The molecule has 0 N–H and O–H groups in total. The Labute approximate surface area is 256 Å². The highest BCUT2D eigenvalue weighted by Gasteiger charge is 2.17. The first kappa shape index (κ1) is 25.2. The molecule has 0 fully saturated rings. The quantitative estimate of drug-likeness (QED) is 0.206. The molecule has 9 rings (SSSR count). The summed E-state index contributed by atoms with van der Waals surface area (Å²) < 4.78 is 6.31. The summed E-state index contributed by atoms with van der Waals surface area (Å²) in [6.45, 7) is 0. The van der Waals surface area contributed by atoms with Crippen LogP contribution in [0.2, 0.25) is 0 Å². The highest BCUT2D eigenvalue weighted by Crippen LogP contribution is 2.37. The molecular weight excluding hydrogens is 556 g/mol. The lowest BCUT2D eigenvalue weighted by Crippen LogP contribution is -1.96. The van der Waals surface area contributed by atoms with Gasteiger partial charge in [-0.05, 0) is 72.8 Å². The highest BCUT2D eigenvalue weighted by molar-refractivity contribution is 6.09. The maximum absolute atomic E-state index is 6.31. The minimum absolute atomic E-state index is 0.586. The summed E-state index contributed by atoms with van der Waals surface area (Å²) >= 11 is 0. The maximum atomic E-state index is 6.31. The Kier molecular flexibility index (Phi) is 5.67. The molecule has 0 saturated heterocycles. The van der Waals surface area contributed by atoms with Gasteiger partial charge in [0.1, 0.15) is 22.6 Å². The van der Waals surface area contributed by atoms with Crippen LogP contribution >= 0.6 is 0 Å². The Morgan fingerprint density at radius 1 is 0.400 bits per heavy atom. The van der Waals surface area contributed by atoms with Gasteiger partial charge in [-0.15, -0.1) is 0 Å². The van der Waals surface area contributed by atoms with E-state index in [1.807, 2.05) is 84.9 Å². The van der Waals surface area contributed by atoms with Crippen molar-refractivity contribution in [1.82, 2.24) is 29.9 Å². The first-order valence-electron chi connectivity index (χ1n) is 14.6. The first-order chi connectivity index (χ1) is 22.3. The summed E-state index contributed by atoms with van der Waals surface area (Å²) in [6, 6.07) is 40.1. The molecule has 0 atom stereocenters. The monoisotopic (exact) mass is 578 g/mol. The predicted molar refractivity (Wildman–Crippen MR) is 177 cm³/mol. The lowest BCUT2D eigenvalue weighted by Gasteiger charge is -2.09. The predicted octanol–water partition coefficient (Wildman–Crippen LogP) is 8.93. The van der Waals surface area contributed by atoms with Crippen molar-refractivity contribution in [2.75, 3.05) is 0 Å². The SMILES string of the molecule is c1ccc(-c2nc(-c3ccc4oc5ccc(-c6nc(-c7ccccn7)nc7ccccc67)cc5c4c3)c3ccccc3n2)nc1. The van der Waals surface area contributed by atoms with Crippen LogP contribution in [0.25, 0.3) is 89.3 Å². The molecule has 0 amide bonds. The molecule has 4 aromatic carbocycles. The van der Waals surface area contributed by atoms with Crippen LogP contribution in [-0.2, 0) is 0 Å². The van der Waals surface area contributed by atoms with Crippen LogP contribution in [0.3, 0.4) is 0 Å². The molecule has 0 radical (unpaired) electrons. The van der Waals surface area contributed by atoms with Crippen molar-refractivity contribution < 1.29 is 4.42 Å². The lowest BCUT2D eigenvalue weighted by atomic mass is 10.0. The molecule has 5 heterocycles. The van der Waals surface area contributed by atoms with Crippen molar-refractivity contribution in [2.24, 2.45) is 0 Å². The number of para-hydroxylation sites is 2. The average molecular weight is 579 g/mol. The standard InChI is InChI=1S/C38H22N6O/c1-3-11-29-25(9-1)35(43-37(41-29)31-13-5-7-19-39-31)23-15-17-33-27(21-23)28-22-24(16-18-34(28)45-33)36-26-10-2-4-12-30(26)42-38(44-36)32-14-6-8-20-40-32/h1-22H. The van der Waals surface area contributed by atoms with Gasteiger partial charge >= 0.3 is 0 Å². The van der Waals surface area contributed by atoms with Crippen LogP contribution in [0.4, 0.5) is 0 Å². The molecule has 0 aliphatic heterocycles. The minimum Gasteiger partial charge on any atom is -0.456 e. The molecule has 0 saturated carbocycles. The van der Waals surface area contributed by atoms with E-state index < -0.39 is 0 Å². The molecule has 5 aromatic heterocycles. The Bertz CT molecular complexity index is 2370. The van der Waals surface area contributed by atoms with Gasteiger partial charge in [-0.3, -0.25) is 9.97 Å². The van der Waals surface area contributed by atoms with E-state index in [1.165, 1.54) is 0 Å². The fourth-order valence-corrected chi connectivity index (χ4v) is 5.88. The van der Waals surface area contributed by atoms with Crippen molar-refractivity contribution in [3.05, 3.63) is 134 Å².